The van der Waals surface area contributed by atoms with Gasteiger partial charge in [-0.3, -0.25) is 0 Å². The van der Waals surface area contributed by atoms with Gasteiger partial charge in [-0.2, -0.15) is 0 Å². The number of nitrogens with one attached hydrogen (secondary N) is 1. The predicted octanol–water partition coefficient (Wildman–Crippen LogP) is 3.43. The van der Waals surface area contributed by atoms with Crippen molar-refractivity contribution in [3.63, 3.8) is 0 Å². The molecule has 0 bridgehead atoms. The van der Waals surface area contributed by atoms with E-state index < -0.39 is 0 Å². The molecule has 1 aromatic rings. The molecule has 0 radical (unpaired) electrons. The maximum Gasteiger partial charge on any atom is 0.00171 e. The minimum atomic E-state index is 0.665. The van der Waals surface area contributed by atoms with Crippen LogP contribution in [0.3, 0.4) is 0 Å². The second-order valence-corrected chi connectivity index (χ2v) is 4.64. The van der Waals surface area contributed by atoms with Gasteiger partial charge in [-0.05, 0) is 30.9 Å². The molecule has 0 aromatic heterocycles. The number of likely N-dealkylation sites (N-methyl/N-ethyl adjacent to an activating group) is 1. The van der Waals surface area contributed by atoms with Crippen LogP contribution in [-0.2, 0) is 0 Å². The highest BCUT2D eigenvalue weighted by atomic mass is 14.8. The monoisotopic (exact) mass is 205 g/mol. The van der Waals surface area contributed by atoms with Gasteiger partial charge < -0.3 is 5.32 Å². The largest absolute Gasteiger partial charge is 0.319 e. The Bertz CT molecular complexity index is 253. The van der Waals surface area contributed by atoms with Crippen LogP contribution in [0.4, 0.5) is 0 Å². The number of benzene rings is 1. The zero-order chi connectivity index (χ0) is 11.1. The van der Waals surface area contributed by atoms with E-state index in [1.807, 2.05) is 7.05 Å². The lowest BCUT2D eigenvalue weighted by Gasteiger charge is -2.18. The zero-order valence-electron chi connectivity index (χ0n) is 10.2. The highest BCUT2D eigenvalue weighted by Crippen LogP contribution is 2.22. The van der Waals surface area contributed by atoms with Crippen LogP contribution in [0.25, 0.3) is 0 Å². The third-order valence-corrected chi connectivity index (χ3v) is 2.81. The fraction of sp³-hybridized carbons (Fsp3) is 0.571. The molecule has 0 saturated carbocycles. The Balaban J connectivity index is 2.57. The summed E-state index contributed by atoms with van der Waals surface area (Å²) in [4.78, 5) is 0. The Morgan fingerprint density at radius 2 is 1.73 bits per heavy atom. The van der Waals surface area contributed by atoms with Crippen molar-refractivity contribution in [1.29, 1.82) is 0 Å². The first-order chi connectivity index (χ1) is 7.24. The summed E-state index contributed by atoms with van der Waals surface area (Å²) >= 11 is 0. The minimum Gasteiger partial charge on any atom is -0.319 e. The van der Waals surface area contributed by atoms with Crippen molar-refractivity contribution in [3.8, 4) is 0 Å². The summed E-state index contributed by atoms with van der Waals surface area (Å²) in [5.41, 5.74) is 1.47. The SMILES string of the molecule is CNCC(CCC(C)C)c1ccccc1. The smallest absolute Gasteiger partial charge is 0.00171 e. The molecule has 15 heavy (non-hydrogen) atoms. The first kappa shape index (κ1) is 12.3. The third kappa shape index (κ3) is 4.48. The lowest BCUT2D eigenvalue weighted by atomic mass is 9.91. The molecule has 0 saturated heterocycles. The fourth-order valence-corrected chi connectivity index (χ4v) is 1.89. The van der Waals surface area contributed by atoms with Crippen molar-refractivity contribution in [2.24, 2.45) is 5.92 Å². The van der Waals surface area contributed by atoms with Crippen LogP contribution in [0.15, 0.2) is 30.3 Å². The van der Waals surface area contributed by atoms with Gasteiger partial charge in [-0.15, -0.1) is 0 Å². The van der Waals surface area contributed by atoms with E-state index >= 15 is 0 Å². The molecular formula is C14H23N. The summed E-state index contributed by atoms with van der Waals surface area (Å²) in [5, 5.41) is 3.29. The molecule has 0 aliphatic carbocycles. The number of rotatable bonds is 6. The Morgan fingerprint density at radius 1 is 1.07 bits per heavy atom. The van der Waals surface area contributed by atoms with E-state index in [4.69, 9.17) is 0 Å². The van der Waals surface area contributed by atoms with Crippen LogP contribution in [-0.4, -0.2) is 13.6 Å². The van der Waals surface area contributed by atoms with Crippen molar-refractivity contribution in [2.45, 2.75) is 32.6 Å². The van der Waals surface area contributed by atoms with E-state index in [0.29, 0.717) is 5.92 Å². The van der Waals surface area contributed by atoms with E-state index in [1.165, 1.54) is 18.4 Å². The maximum atomic E-state index is 3.29. The second-order valence-electron chi connectivity index (χ2n) is 4.64. The standard InChI is InChI=1S/C14H23N/c1-12(2)9-10-14(11-15-3)13-7-5-4-6-8-13/h4-8,12,14-15H,9-11H2,1-3H3. The van der Waals surface area contributed by atoms with Crippen LogP contribution in [0.1, 0.15) is 38.2 Å². The van der Waals surface area contributed by atoms with Crippen molar-refractivity contribution in [1.82, 2.24) is 5.32 Å². The van der Waals surface area contributed by atoms with E-state index in [9.17, 15) is 0 Å². The van der Waals surface area contributed by atoms with Crippen LogP contribution in [0.5, 0.6) is 0 Å². The van der Waals surface area contributed by atoms with E-state index in [-0.39, 0.29) is 0 Å². The summed E-state index contributed by atoms with van der Waals surface area (Å²) in [5.74, 6) is 1.46. The first-order valence-corrected chi connectivity index (χ1v) is 5.93. The quantitative estimate of drug-likeness (QED) is 0.750. The first-order valence-electron chi connectivity index (χ1n) is 5.93. The zero-order valence-corrected chi connectivity index (χ0v) is 10.2. The molecule has 1 nitrogen and oxygen atoms in total. The molecule has 0 amide bonds. The summed E-state index contributed by atoms with van der Waals surface area (Å²) in [6, 6.07) is 10.8. The van der Waals surface area contributed by atoms with Gasteiger partial charge in [-0.1, -0.05) is 50.6 Å². The van der Waals surface area contributed by atoms with Gasteiger partial charge in [0.2, 0.25) is 0 Å². The maximum absolute atomic E-state index is 3.29. The molecule has 0 spiro atoms. The Kier molecular flexibility index (Phi) is 5.41. The summed E-state index contributed by atoms with van der Waals surface area (Å²) < 4.78 is 0. The van der Waals surface area contributed by atoms with Crippen molar-refractivity contribution < 1.29 is 0 Å². The Labute approximate surface area is 93.9 Å². The normalized spacial score (nSPS) is 13.1. The molecule has 0 aliphatic heterocycles. The third-order valence-electron chi connectivity index (χ3n) is 2.81. The lowest BCUT2D eigenvalue weighted by molar-refractivity contribution is 0.487. The molecule has 1 heteroatoms. The average Bonchev–Trinajstić information content (AvgIpc) is 2.25. The average molecular weight is 205 g/mol. The van der Waals surface area contributed by atoms with Gasteiger partial charge in [-0.25, -0.2) is 0 Å². The Hall–Kier alpha value is -0.820. The van der Waals surface area contributed by atoms with Gasteiger partial charge in [0.05, 0.1) is 0 Å². The molecule has 1 rings (SSSR count). The topological polar surface area (TPSA) is 12.0 Å². The van der Waals surface area contributed by atoms with Gasteiger partial charge in [0.1, 0.15) is 0 Å². The van der Waals surface area contributed by atoms with E-state index in [1.54, 1.807) is 0 Å². The summed E-state index contributed by atoms with van der Waals surface area (Å²) in [7, 11) is 2.03. The molecule has 1 N–H and O–H groups in total. The highest BCUT2D eigenvalue weighted by molar-refractivity contribution is 5.19. The molecule has 1 atom stereocenters. The van der Waals surface area contributed by atoms with Crippen molar-refractivity contribution >= 4 is 0 Å². The van der Waals surface area contributed by atoms with Crippen molar-refractivity contribution in [3.05, 3.63) is 35.9 Å². The van der Waals surface area contributed by atoms with Crippen LogP contribution in [0.2, 0.25) is 0 Å². The van der Waals surface area contributed by atoms with Crippen LogP contribution >= 0.6 is 0 Å². The predicted molar refractivity (Wildman–Crippen MR) is 67.2 cm³/mol. The van der Waals surface area contributed by atoms with Crippen molar-refractivity contribution in [2.75, 3.05) is 13.6 Å². The molecule has 0 heterocycles. The number of hydrogen-bond donors (Lipinski definition) is 1. The van der Waals surface area contributed by atoms with Gasteiger partial charge in [0.25, 0.3) is 0 Å². The second kappa shape index (κ2) is 6.62. The van der Waals surface area contributed by atoms with Gasteiger partial charge in [0.15, 0.2) is 0 Å². The van der Waals surface area contributed by atoms with Crippen LogP contribution < -0.4 is 5.32 Å². The summed E-state index contributed by atoms with van der Waals surface area (Å²) in [6.45, 7) is 5.67. The molecule has 84 valence electrons. The minimum absolute atomic E-state index is 0.665. The lowest BCUT2D eigenvalue weighted by Crippen LogP contribution is -2.17. The molecule has 0 aliphatic rings. The highest BCUT2D eigenvalue weighted by Gasteiger charge is 2.10. The van der Waals surface area contributed by atoms with Gasteiger partial charge in [0, 0.05) is 6.54 Å². The fourth-order valence-electron chi connectivity index (χ4n) is 1.89. The summed E-state index contributed by atoms with van der Waals surface area (Å²) in [6.07, 6.45) is 2.59. The molecular weight excluding hydrogens is 182 g/mol. The molecule has 1 aromatic carbocycles. The van der Waals surface area contributed by atoms with Crippen LogP contribution in [0, 0.1) is 5.92 Å². The van der Waals surface area contributed by atoms with E-state index in [0.717, 1.165) is 12.5 Å². The van der Waals surface area contributed by atoms with E-state index in [2.05, 4.69) is 49.5 Å². The van der Waals surface area contributed by atoms with Gasteiger partial charge >= 0.3 is 0 Å². The Morgan fingerprint density at radius 3 is 2.27 bits per heavy atom. The molecule has 1 unspecified atom stereocenters. The molecule has 0 fully saturated rings. The number of hydrogen-bond acceptors (Lipinski definition) is 1.